The second-order valence-electron chi connectivity index (χ2n) is 6.23. The van der Waals surface area contributed by atoms with Crippen molar-refractivity contribution in [2.24, 2.45) is 11.3 Å². The van der Waals surface area contributed by atoms with Crippen molar-refractivity contribution in [3.63, 3.8) is 0 Å². The van der Waals surface area contributed by atoms with E-state index in [1.54, 1.807) is 0 Å². The summed E-state index contributed by atoms with van der Waals surface area (Å²) in [5.41, 5.74) is 0.163. The average molecular weight is 226 g/mol. The largest absolute Gasteiger partial charge is 0.326 e. The SMILES string of the molecule is CCC(C)C1NC(C)N(CC(C)(C)C)C1=O. The molecule has 0 saturated carbocycles. The van der Waals surface area contributed by atoms with Gasteiger partial charge in [-0.3, -0.25) is 10.1 Å². The number of hydrogen-bond acceptors (Lipinski definition) is 2. The lowest BCUT2D eigenvalue weighted by atomic mass is 9.95. The lowest BCUT2D eigenvalue weighted by molar-refractivity contribution is -0.131. The van der Waals surface area contributed by atoms with Crippen molar-refractivity contribution < 1.29 is 4.79 Å². The zero-order chi connectivity index (χ0) is 12.5. The Morgan fingerprint density at radius 3 is 2.44 bits per heavy atom. The van der Waals surface area contributed by atoms with Crippen molar-refractivity contribution >= 4 is 5.91 Å². The van der Waals surface area contributed by atoms with E-state index in [9.17, 15) is 4.79 Å². The molecule has 94 valence electrons. The number of amides is 1. The van der Waals surface area contributed by atoms with Gasteiger partial charge in [0.15, 0.2) is 0 Å². The van der Waals surface area contributed by atoms with Crippen LogP contribution in [0.4, 0.5) is 0 Å². The molecule has 1 heterocycles. The molecule has 0 aromatic heterocycles. The zero-order valence-electron chi connectivity index (χ0n) is 11.5. The van der Waals surface area contributed by atoms with Gasteiger partial charge in [-0.15, -0.1) is 0 Å². The van der Waals surface area contributed by atoms with E-state index >= 15 is 0 Å². The smallest absolute Gasteiger partial charge is 0.241 e. The first-order chi connectivity index (χ1) is 7.26. The van der Waals surface area contributed by atoms with Gasteiger partial charge in [0.25, 0.3) is 0 Å². The van der Waals surface area contributed by atoms with Gasteiger partial charge in [-0.05, 0) is 18.3 Å². The molecule has 1 rings (SSSR count). The van der Waals surface area contributed by atoms with Gasteiger partial charge in [-0.1, -0.05) is 41.0 Å². The first-order valence-electron chi connectivity index (χ1n) is 6.33. The minimum absolute atomic E-state index is 0.0161. The molecule has 1 saturated heterocycles. The van der Waals surface area contributed by atoms with Gasteiger partial charge in [-0.2, -0.15) is 0 Å². The number of nitrogens with one attached hydrogen (secondary N) is 1. The predicted octanol–water partition coefficient (Wildman–Crippen LogP) is 2.23. The van der Waals surface area contributed by atoms with Crippen LogP contribution in [0, 0.1) is 11.3 Å². The number of carbonyl (C=O) groups excluding carboxylic acids is 1. The normalized spacial score (nSPS) is 28.6. The minimum Gasteiger partial charge on any atom is -0.326 e. The van der Waals surface area contributed by atoms with Crippen LogP contribution in [0.2, 0.25) is 0 Å². The molecule has 0 aromatic rings. The Kier molecular flexibility index (Phi) is 4.00. The van der Waals surface area contributed by atoms with Crippen LogP contribution in [0.15, 0.2) is 0 Å². The van der Waals surface area contributed by atoms with Gasteiger partial charge in [0.1, 0.15) is 0 Å². The van der Waals surface area contributed by atoms with E-state index in [0.717, 1.165) is 13.0 Å². The fraction of sp³-hybridized carbons (Fsp3) is 0.923. The summed E-state index contributed by atoms with van der Waals surface area (Å²) in [6.07, 6.45) is 1.21. The first-order valence-corrected chi connectivity index (χ1v) is 6.33. The van der Waals surface area contributed by atoms with Crippen molar-refractivity contribution in [2.45, 2.75) is 60.2 Å². The second kappa shape index (κ2) is 4.74. The van der Waals surface area contributed by atoms with Gasteiger partial charge >= 0.3 is 0 Å². The maximum absolute atomic E-state index is 12.3. The highest BCUT2D eigenvalue weighted by molar-refractivity contribution is 5.84. The Bertz CT molecular complexity index is 257. The Morgan fingerprint density at radius 1 is 1.44 bits per heavy atom. The number of carbonyl (C=O) groups is 1. The summed E-state index contributed by atoms with van der Waals surface area (Å²) in [7, 11) is 0. The Morgan fingerprint density at radius 2 is 2.00 bits per heavy atom. The van der Waals surface area contributed by atoms with Gasteiger partial charge in [-0.25, -0.2) is 0 Å². The summed E-state index contributed by atoms with van der Waals surface area (Å²) in [5, 5.41) is 3.40. The molecule has 0 aliphatic carbocycles. The molecule has 3 nitrogen and oxygen atoms in total. The van der Waals surface area contributed by atoms with E-state index in [0.29, 0.717) is 5.92 Å². The maximum Gasteiger partial charge on any atom is 0.241 e. The van der Waals surface area contributed by atoms with Crippen LogP contribution >= 0.6 is 0 Å². The molecule has 1 aliphatic heterocycles. The predicted molar refractivity (Wildman–Crippen MR) is 67.0 cm³/mol. The number of hydrogen-bond donors (Lipinski definition) is 1. The summed E-state index contributed by atoms with van der Waals surface area (Å²) in [6, 6.07) is 0.0161. The molecular formula is C13H26N2O. The van der Waals surface area contributed by atoms with Crippen molar-refractivity contribution in [1.29, 1.82) is 0 Å². The topological polar surface area (TPSA) is 32.3 Å². The number of rotatable bonds is 3. The fourth-order valence-corrected chi connectivity index (χ4v) is 2.16. The average Bonchev–Trinajstić information content (AvgIpc) is 2.42. The van der Waals surface area contributed by atoms with Gasteiger partial charge in [0, 0.05) is 6.54 Å². The highest BCUT2D eigenvalue weighted by Gasteiger charge is 2.39. The van der Waals surface area contributed by atoms with Crippen molar-refractivity contribution in [1.82, 2.24) is 10.2 Å². The van der Waals surface area contributed by atoms with Crippen molar-refractivity contribution in [3.05, 3.63) is 0 Å². The molecule has 3 heteroatoms. The van der Waals surface area contributed by atoms with E-state index in [4.69, 9.17) is 0 Å². The van der Waals surface area contributed by atoms with Crippen LogP contribution in [-0.4, -0.2) is 29.6 Å². The van der Waals surface area contributed by atoms with Crippen molar-refractivity contribution in [3.8, 4) is 0 Å². The van der Waals surface area contributed by atoms with Crippen LogP contribution in [0.3, 0.4) is 0 Å². The zero-order valence-corrected chi connectivity index (χ0v) is 11.5. The van der Waals surface area contributed by atoms with Crippen LogP contribution in [-0.2, 0) is 4.79 Å². The Labute approximate surface area is 99.6 Å². The Hall–Kier alpha value is -0.570. The molecule has 16 heavy (non-hydrogen) atoms. The monoisotopic (exact) mass is 226 g/mol. The van der Waals surface area contributed by atoms with Crippen LogP contribution in [0.5, 0.6) is 0 Å². The molecule has 1 fully saturated rings. The Balaban J connectivity index is 2.71. The van der Waals surface area contributed by atoms with E-state index in [1.165, 1.54) is 0 Å². The van der Waals surface area contributed by atoms with Gasteiger partial charge in [0.05, 0.1) is 12.2 Å². The van der Waals surface area contributed by atoms with Crippen LogP contribution in [0.1, 0.15) is 48.0 Å². The molecular weight excluding hydrogens is 200 g/mol. The molecule has 1 N–H and O–H groups in total. The lowest BCUT2D eigenvalue weighted by Crippen LogP contribution is -2.40. The quantitative estimate of drug-likeness (QED) is 0.800. The molecule has 0 radical (unpaired) electrons. The number of nitrogens with zero attached hydrogens (tertiary/aromatic N) is 1. The molecule has 0 bridgehead atoms. The van der Waals surface area contributed by atoms with Crippen molar-refractivity contribution in [2.75, 3.05) is 6.54 Å². The summed E-state index contributed by atoms with van der Waals surface area (Å²) >= 11 is 0. The summed E-state index contributed by atoms with van der Waals surface area (Å²) < 4.78 is 0. The maximum atomic E-state index is 12.3. The summed E-state index contributed by atoms with van der Waals surface area (Å²) in [4.78, 5) is 14.2. The lowest BCUT2D eigenvalue weighted by Gasteiger charge is -2.29. The third kappa shape index (κ3) is 2.97. The third-order valence-electron chi connectivity index (χ3n) is 3.30. The third-order valence-corrected chi connectivity index (χ3v) is 3.30. The highest BCUT2D eigenvalue weighted by Crippen LogP contribution is 2.23. The summed E-state index contributed by atoms with van der Waals surface area (Å²) in [5.74, 6) is 0.691. The molecule has 1 aliphatic rings. The second-order valence-corrected chi connectivity index (χ2v) is 6.23. The van der Waals surface area contributed by atoms with Gasteiger partial charge in [0.2, 0.25) is 5.91 Å². The summed E-state index contributed by atoms with van der Waals surface area (Å²) in [6.45, 7) is 13.7. The van der Waals surface area contributed by atoms with E-state index < -0.39 is 0 Å². The molecule has 3 unspecified atom stereocenters. The first kappa shape index (κ1) is 13.5. The van der Waals surface area contributed by atoms with E-state index in [2.05, 4.69) is 46.9 Å². The van der Waals surface area contributed by atoms with E-state index in [1.807, 2.05) is 4.90 Å². The van der Waals surface area contributed by atoms with Gasteiger partial charge < -0.3 is 4.90 Å². The molecule has 3 atom stereocenters. The van der Waals surface area contributed by atoms with E-state index in [-0.39, 0.29) is 23.5 Å². The standard InChI is InChI=1S/C13H26N2O/c1-7-9(2)11-12(16)15(10(3)14-11)8-13(4,5)6/h9-11,14H,7-8H2,1-6H3. The minimum atomic E-state index is 0.0161. The van der Waals surface area contributed by atoms with Crippen LogP contribution < -0.4 is 5.32 Å². The molecule has 0 aromatic carbocycles. The van der Waals surface area contributed by atoms with Crippen LogP contribution in [0.25, 0.3) is 0 Å². The highest BCUT2D eigenvalue weighted by atomic mass is 16.2. The fourth-order valence-electron chi connectivity index (χ4n) is 2.16. The molecule has 1 amide bonds. The molecule has 0 spiro atoms.